The predicted octanol–water partition coefficient (Wildman–Crippen LogP) is 4.57. The highest BCUT2D eigenvalue weighted by atomic mass is 32.1. The van der Waals surface area contributed by atoms with Crippen LogP contribution in [0.15, 0.2) is 48.5 Å². The Balaban J connectivity index is 1.39. The lowest BCUT2D eigenvalue weighted by atomic mass is 10.1. The minimum Gasteiger partial charge on any atom is -0.345 e. The van der Waals surface area contributed by atoms with Gasteiger partial charge in [-0.2, -0.15) is 9.36 Å². The molecule has 1 N–H and O–H groups in total. The van der Waals surface area contributed by atoms with E-state index in [1.54, 1.807) is 0 Å². The minimum absolute atomic E-state index is 0.0425. The van der Waals surface area contributed by atoms with Crippen LogP contribution in [0.5, 0.6) is 0 Å². The normalized spacial score (nSPS) is 14.6. The first kappa shape index (κ1) is 19.4. The van der Waals surface area contributed by atoms with Crippen molar-refractivity contribution in [3.63, 3.8) is 0 Å². The Morgan fingerprint density at radius 2 is 1.76 bits per heavy atom. The van der Waals surface area contributed by atoms with E-state index in [0.29, 0.717) is 6.54 Å². The van der Waals surface area contributed by atoms with E-state index in [4.69, 9.17) is 4.98 Å². The number of carbonyl (C=O) groups excluding carboxylic acids is 1. The van der Waals surface area contributed by atoms with Gasteiger partial charge in [0.25, 0.3) is 0 Å². The molecule has 1 saturated heterocycles. The van der Waals surface area contributed by atoms with E-state index in [0.717, 1.165) is 59.4 Å². The topological polar surface area (TPSA) is 61.4 Å². The molecule has 1 aliphatic rings. The van der Waals surface area contributed by atoms with Gasteiger partial charge in [-0.25, -0.2) is 4.79 Å². The van der Waals surface area contributed by atoms with Gasteiger partial charge < -0.3 is 15.1 Å². The van der Waals surface area contributed by atoms with Crippen molar-refractivity contribution in [1.82, 2.24) is 14.3 Å². The summed E-state index contributed by atoms with van der Waals surface area (Å²) in [6.45, 7) is 7.10. The molecule has 0 atom stereocenters. The fourth-order valence-electron chi connectivity index (χ4n) is 3.61. The van der Waals surface area contributed by atoms with Crippen molar-refractivity contribution in [2.75, 3.05) is 36.4 Å². The number of hydrogen-bond acceptors (Lipinski definition) is 5. The Morgan fingerprint density at radius 1 is 1.00 bits per heavy atom. The van der Waals surface area contributed by atoms with E-state index >= 15 is 0 Å². The molecule has 1 fully saturated rings. The van der Waals surface area contributed by atoms with Gasteiger partial charge in [0.2, 0.25) is 5.13 Å². The second-order valence-electron chi connectivity index (χ2n) is 7.40. The zero-order valence-electron chi connectivity index (χ0n) is 16.8. The Morgan fingerprint density at radius 3 is 2.52 bits per heavy atom. The predicted molar refractivity (Wildman–Crippen MR) is 119 cm³/mol. The summed E-state index contributed by atoms with van der Waals surface area (Å²) in [6.07, 6.45) is 0.903. The lowest BCUT2D eigenvalue weighted by Crippen LogP contribution is -2.38. The molecule has 1 aromatic heterocycles. The number of aryl methyl sites for hydroxylation is 2. The van der Waals surface area contributed by atoms with E-state index in [9.17, 15) is 4.79 Å². The summed E-state index contributed by atoms with van der Waals surface area (Å²) >= 11 is 1.42. The maximum absolute atomic E-state index is 12.7. The molecule has 0 bridgehead atoms. The van der Waals surface area contributed by atoms with Gasteiger partial charge in [-0.3, -0.25) is 0 Å². The first-order chi connectivity index (χ1) is 14.1. The number of carbonyl (C=O) groups is 1. The van der Waals surface area contributed by atoms with E-state index in [-0.39, 0.29) is 6.03 Å². The Kier molecular flexibility index (Phi) is 5.76. The van der Waals surface area contributed by atoms with Gasteiger partial charge in [0.05, 0.1) is 0 Å². The molecule has 3 aromatic rings. The number of amides is 2. The molecular weight excluding hydrogens is 382 g/mol. The molecule has 4 rings (SSSR count). The number of aromatic nitrogens is 2. The van der Waals surface area contributed by atoms with Crippen LogP contribution in [-0.2, 0) is 0 Å². The van der Waals surface area contributed by atoms with E-state index in [1.807, 2.05) is 61.2 Å². The third-order valence-corrected chi connectivity index (χ3v) is 5.75. The molecule has 6 nitrogen and oxygen atoms in total. The molecule has 2 aromatic carbocycles. The van der Waals surface area contributed by atoms with Crippen LogP contribution < -0.4 is 10.2 Å². The Bertz CT molecular complexity index is 968. The highest BCUT2D eigenvalue weighted by Crippen LogP contribution is 2.25. The average molecular weight is 408 g/mol. The van der Waals surface area contributed by atoms with Crippen molar-refractivity contribution in [2.24, 2.45) is 0 Å². The van der Waals surface area contributed by atoms with Crippen LogP contribution in [-0.4, -0.2) is 46.5 Å². The molecule has 0 unspecified atom stereocenters. The number of anilines is 2. The highest BCUT2D eigenvalue weighted by molar-refractivity contribution is 7.09. The molecule has 0 spiro atoms. The summed E-state index contributed by atoms with van der Waals surface area (Å²) in [6, 6.07) is 16.1. The number of nitrogens with zero attached hydrogens (tertiary/aromatic N) is 4. The van der Waals surface area contributed by atoms with Gasteiger partial charge in [-0.05, 0) is 43.5 Å². The minimum atomic E-state index is -0.0425. The van der Waals surface area contributed by atoms with Crippen LogP contribution >= 0.6 is 11.5 Å². The molecular formula is C22H25N5OS. The highest BCUT2D eigenvalue weighted by Gasteiger charge is 2.21. The van der Waals surface area contributed by atoms with Gasteiger partial charge >= 0.3 is 6.03 Å². The number of urea groups is 1. The fraction of sp³-hybridized carbons (Fsp3) is 0.318. The first-order valence-corrected chi connectivity index (χ1v) is 10.6. The van der Waals surface area contributed by atoms with Gasteiger partial charge in [0.15, 0.2) is 5.82 Å². The lowest BCUT2D eigenvalue weighted by Gasteiger charge is -2.22. The number of nitrogens with one attached hydrogen (secondary N) is 1. The van der Waals surface area contributed by atoms with Gasteiger partial charge in [0.1, 0.15) is 0 Å². The first-order valence-electron chi connectivity index (χ1n) is 9.87. The third-order valence-electron chi connectivity index (χ3n) is 4.97. The van der Waals surface area contributed by atoms with Crippen molar-refractivity contribution < 1.29 is 4.79 Å². The van der Waals surface area contributed by atoms with E-state index < -0.39 is 0 Å². The summed E-state index contributed by atoms with van der Waals surface area (Å²) in [7, 11) is 0. The average Bonchev–Trinajstić information content (AvgIpc) is 3.06. The van der Waals surface area contributed by atoms with Crippen LogP contribution in [0.4, 0.5) is 15.6 Å². The molecule has 29 heavy (non-hydrogen) atoms. The summed E-state index contributed by atoms with van der Waals surface area (Å²) in [5, 5.41) is 3.96. The maximum atomic E-state index is 12.7. The molecule has 1 aliphatic heterocycles. The van der Waals surface area contributed by atoms with Crippen molar-refractivity contribution in [2.45, 2.75) is 20.3 Å². The van der Waals surface area contributed by atoms with Crippen LogP contribution in [0.3, 0.4) is 0 Å². The van der Waals surface area contributed by atoms with E-state index in [2.05, 4.69) is 20.7 Å². The maximum Gasteiger partial charge on any atom is 0.321 e. The van der Waals surface area contributed by atoms with Gasteiger partial charge in [-0.15, -0.1) is 0 Å². The van der Waals surface area contributed by atoms with Gasteiger partial charge in [-0.1, -0.05) is 36.4 Å². The SMILES string of the molecule is Cc1cc(C)cc(NC(=O)N2CCCN(c3nc(-c4ccccc4)ns3)CC2)c1. The molecule has 7 heteroatoms. The zero-order valence-corrected chi connectivity index (χ0v) is 17.6. The second-order valence-corrected chi connectivity index (χ2v) is 8.13. The fourth-order valence-corrected chi connectivity index (χ4v) is 4.35. The largest absolute Gasteiger partial charge is 0.345 e. The molecule has 0 aliphatic carbocycles. The smallest absolute Gasteiger partial charge is 0.321 e. The van der Waals surface area contributed by atoms with Crippen molar-refractivity contribution in [1.29, 1.82) is 0 Å². The van der Waals surface area contributed by atoms with Crippen LogP contribution in [0, 0.1) is 13.8 Å². The molecule has 2 heterocycles. The number of benzene rings is 2. The summed E-state index contributed by atoms with van der Waals surface area (Å²) in [5.74, 6) is 0.763. The van der Waals surface area contributed by atoms with Crippen LogP contribution in [0.25, 0.3) is 11.4 Å². The summed E-state index contributed by atoms with van der Waals surface area (Å²) in [4.78, 5) is 21.6. The molecule has 0 radical (unpaired) electrons. The lowest BCUT2D eigenvalue weighted by molar-refractivity contribution is 0.215. The molecule has 0 saturated carbocycles. The van der Waals surface area contributed by atoms with Crippen molar-refractivity contribution in [3.8, 4) is 11.4 Å². The van der Waals surface area contributed by atoms with Crippen molar-refractivity contribution in [3.05, 3.63) is 59.7 Å². The number of hydrogen-bond donors (Lipinski definition) is 1. The standard InChI is InChI=1S/C22H25N5OS/c1-16-13-17(2)15-19(14-16)23-21(28)26-9-6-10-27(12-11-26)22-24-20(25-29-22)18-7-4-3-5-8-18/h3-5,7-8,13-15H,6,9-12H2,1-2H3,(H,23,28). The van der Waals surface area contributed by atoms with E-state index in [1.165, 1.54) is 11.5 Å². The number of rotatable bonds is 3. The Labute approximate surface area is 175 Å². The second kappa shape index (κ2) is 8.61. The van der Waals surface area contributed by atoms with Gasteiger partial charge in [0, 0.05) is 49.0 Å². The van der Waals surface area contributed by atoms with Crippen molar-refractivity contribution >= 4 is 28.4 Å². The molecule has 150 valence electrons. The monoisotopic (exact) mass is 407 g/mol. The Hall–Kier alpha value is -2.93. The summed E-state index contributed by atoms with van der Waals surface area (Å²) < 4.78 is 4.51. The quantitative estimate of drug-likeness (QED) is 0.691. The molecule has 2 amide bonds. The van der Waals surface area contributed by atoms with Crippen LogP contribution in [0.1, 0.15) is 17.5 Å². The zero-order chi connectivity index (χ0) is 20.2. The third kappa shape index (κ3) is 4.74. The summed E-state index contributed by atoms with van der Waals surface area (Å²) in [5.41, 5.74) is 4.17. The van der Waals surface area contributed by atoms with Crippen LogP contribution in [0.2, 0.25) is 0 Å².